The molecule has 40 heavy (non-hydrogen) atoms. The van der Waals surface area contributed by atoms with Crippen LogP contribution in [0.1, 0.15) is 68.7 Å². The molecule has 7 heteroatoms. The van der Waals surface area contributed by atoms with Crippen molar-refractivity contribution in [1.29, 1.82) is 0 Å². The van der Waals surface area contributed by atoms with Gasteiger partial charge in [-0.2, -0.15) is 0 Å². The summed E-state index contributed by atoms with van der Waals surface area (Å²) < 4.78 is 3.23. The number of carbonyl (C=O) groups excluding carboxylic acids is 1. The summed E-state index contributed by atoms with van der Waals surface area (Å²) in [6, 6.07) is 12.9. The lowest BCUT2D eigenvalue weighted by molar-refractivity contribution is -0.107. The monoisotopic (exact) mass is 557 g/mol. The van der Waals surface area contributed by atoms with Crippen molar-refractivity contribution in [2.24, 2.45) is 4.99 Å². The number of aliphatic imine (C=N–C) groups is 1. The fraction of sp³-hybridized carbons (Fsp3) is 0.333. The molecule has 0 amide bonds. The number of hydrogen-bond donors (Lipinski definition) is 3. The van der Waals surface area contributed by atoms with Gasteiger partial charge in [-0.15, -0.1) is 0 Å². The minimum Gasteiger partial charge on any atom is -0.385 e. The first-order chi connectivity index (χ1) is 19.5. The smallest absolute Gasteiger partial charge is 0.154 e. The molecule has 212 valence electrons. The van der Waals surface area contributed by atoms with Crippen LogP contribution < -0.4 is 15.4 Å². The van der Waals surface area contributed by atoms with Crippen molar-refractivity contribution in [3.05, 3.63) is 96.0 Å². The normalized spacial score (nSPS) is 13.3. The van der Waals surface area contributed by atoms with Crippen LogP contribution in [-0.4, -0.2) is 30.6 Å². The summed E-state index contributed by atoms with van der Waals surface area (Å²) in [5.41, 5.74) is 8.47. The number of hydrogen-bond acceptors (Lipinski definition) is 7. The summed E-state index contributed by atoms with van der Waals surface area (Å²) >= 11 is 1.62. The van der Waals surface area contributed by atoms with Crippen LogP contribution in [0.4, 0.5) is 5.69 Å². The summed E-state index contributed by atoms with van der Waals surface area (Å²) in [6.07, 6.45) is 12.4. The molecule has 6 nitrogen and oxygen atoms in total. The summed E-state index contributed by atoms with van der Waals surface area (Å²) in [5, 5.41) is 6.95. The molecule has 0 unspecified atom stereocenters. The van der Waals surface area contributed by atoms with Crippen molar-refractivity contribution in [2.75, 3.05) is 18.9 Å². The average Bonchev–Trinajstić information content (AvgIpc) is 2.97. The van der Waals surface area contributed by atoms with Gasteiger partial charge in [0.15, 0.2) is 5.84 Å². The van der Waals surface area contributed by atoms with Crippen molar-refractivity contribution in [3.63, 3.8) is 0 Å². The van der Waals surface area contributed by atoms with Gasteiger partial charge in [-0.1, -0.05) is 57.7 Å². The van der Waals surface area contributed by atoms with Gasteiger partial charge >= 0.3 is 0 Å². The van der Waals surface area contributed by atoms with Gasteiger partial charge in [-0.3, -0.25) is 4.72 Å². The van der Waals surface area contributed by atoms with Crippen LogP contribution in [0.3, 0.4) is 0 Å². The number of allylic oxidation sites excluding steroid dienone is 1. The fourth-order valence-electron chi connectivity index (χ4n) is 4.66. The average molecular weight is 558 g/mol. The minimum absolute atomic E-state index is 0.638. The first-order valence-electron chi connectivity index (χ1n) is 14.1. The quantitative estimate of drug-likeness (QED) is 0.119. The highest BCUT2D eigenvalue weighted by Crippen LogP contribution is 2.33. The van der Waals surface area contributed by atoms with Gasteiger partial charge in [0.2, 0.25) is 0 Å². The topological polar surface area (TPSA) is 68.8 Å². The van der Waals surface area contributed by atoms with E-state index in [-0.39, 0.29) is 0 Å². The number of amidine groups is 1. The number of unbranched alkanes of at least 4 members (excludes halogenated alkanes) is 3. The maximum atomic E-state index is 10.5. The van der Waals surface area contributed by atoms with Crippen LogP contribution in [0, 0.1) is 0 Å². The minimum atomic E-state index is 0.638. The zero-order chi connectivity index (χ0) is 28.9. The molecule has 2 aromatic rings. The van der Waals surface area contributed by atoms with E-state index < -0.39 is 0 Å². The molecule has 3 N–H and O–H groups in total. The van der Waals surface area contributed by atoms with Crippen LogP contribution in [0.5, 0.6) is 0 Å². The molecule has 0 aromatic heterocycles. The molecule has 0 fully saturated rings. The third-order valence-electron chi connectivity index (χ3n) is 6.87. The van der Waals surface area contributed by atoms with E-state index in [1.54, 1.807) is 11.9 Å². The lowest BCUT2D eigenvalue weighted by Crippen LogP contribution is -2.28. The Bertz CT molecular complexity index is 1290. The molecule has 0 atom stereocenters. The second kappa shape index (κ2) is 15.9. The molecule has 0 spiro atoms. The lowest BCUT2D eigenvalue weighted by Gasteiger charge is -2.30. The number of aryl methyl sites for hydroxylation is 2. The van der Waals surface area contributed by atoms with E-state index in [0.29, 0.717) is 12.3 Å². The highest BCUT2D eigenvalue weighted by atomic mass is 32.2. The van der Waals surface area contributed by atoms with Crippen LogP contribution in [0.15, 0.2) is 83.6 Å². The number of rotatable bonds is 15. The Morgan fingerprint density at radius 2 is 1.88 bits per heavy atom. The second-order valence-electron chi connectivity index (χ2n) is 9.53. The molecule has 0 saturated carbocycles. The molecule has 0 aliphatic carbocycles. The molecule has 0 bridgehead atoms. The predicted octanol–water partition coefficient (Wildman–Crippen LogP) is 7.53. The fourth-order valence-corrected chi connectivity index (χ4v) is 5.37. The Labute approximate surface area is 244 Å². The van der Waals surface area contributed by atoms with E-state index in [2.05, 4.69) is 102 Å². The predicted molar refractivity (Wildman–Crippen MR) is 173 cm³/mol. The molecule has 2 aromatic carbocycles. The highest BCUT2D eigenvalue weighted by Gasteiger charge is 2.21. The summed E-state index contributed by atoms with van der Waals surface area (Å²) in [4.78, 5) is 18.4. The third kappa shape index (κ3) is 7.99. The molecular weight excluding hydrogens is 514 g/mol. The van der Waals surface area contributed by atoms with E-state index in [1.807, 2.05) is 19.4 Å². The molecule has 3 rings (SSSR count). The molecular formula is C33H43N5OS. The van der Waals surface area contributed by atoms with Crippen molar-refractivity contribution >= 4 is 41.2 Å². The Kier molecular flexibility index (Phi) is 12.3. The first kappa shape index (κ1) is 31.0. The molecule has 1 aliphatic heterocycles. The van der Waals surface area contributed by atoms with Gasteiger partial charge in [0.25, 0.3) is 0 Å². The second-order valence-corrected chi connectivity index (χ2v) is 10.6. The van der Waals surface area contributed by atoms with Crippen LogP contribution in [-0.2, 0) is 17.6 Å². The first-order valence-corrected chi connectivity index (χ1v) is 14.9. The standard InChI is InChI=1S/C33H43N5OS/c1-7-26-14-16-30(32(22-26)40-34-6)31(9-3)38-20-19-36-33(25(38)5)37-28-15-17-29(27(8-2)23-28)24(4)35-18-12-10-11-13-21-39/h9,14-17,19-23,34-35H,4-5,7-8,10-13,18H2,1-3,6H3,(H,36,37)/b31-9-. The SMILES string of the molecule is C=C(NCCCCCC=O)c1ccc(NC2=NC=CN(/C(=C\C)c3ccc(CC)cc3SNC)C2=C)cc1CC. The number of nitrogens with one attached hydrogen (secondary N) is 3. The van der Waals surface area contributed by atoms with Gasteiger partial charge in [-0.25, -0.2) is 4.99 Å². The highest BCUT2D eigenvalue weighted by molar-refractivity contribution is 7.97. The van der Waals surface area contributed by atoms with Gasteiger partial charge in [0.1, 0.15) is 6.29 Å². The van der Waals surface area contributed by atoms with Crippen LogP contribution >= 0.6 is 11.9 Å². The molecule has 0 saturated heterocycles. The van der Waals surface area contributed by atoms with Crippen molar-refractivity contribution in [3.8, 4) is 0 Å². The number of benzene rings is 2. The Morgan fingerprint density at radius 1 is 1.07 bits per heavy atom. The van der Waals surface area contributed by atoms with Crippen molar-refractivity contribution in [1.82, 2.24) is 14.9 Å². The summed E-state index contributed by atoms with van der Waals surface area (Å²) in [7, 11) is 1.94. The third-order valence-corrected chi connectivity index (χ3v) is 7.63. The number of carbonyl (C=O) groups is 1. The van der Waals surface area contributed by atoms with Gasteiger partial charge in [-0.05, 0) is 80.9 Å². The van der Waals surface area contributed by atoms with Gasteiger partial charge in [0, 0.05) is 58.5 Å². The maximum absolute atomic E-state index is 10.5. The Hall–Kier alpha value is -3.55. The van der Waals surface area contributed by atoms with E-state index in [0.717, 1.165) is 78.8 Å². The van der Waals surface area contributed by atoms with E-state index >= 15 is 0 Å². The van der Waals surface area contributed by atoms with Crippen molar-refractivity contribution in [2.45, 2.75) is 64.2 Å². The van der Waals surface area contributed by atoms with Gasteiger partial charge < -0.3 is 20.3 Å². The molecule has 0 radical (unpaired) electrons. The van der Waals surface area contributed by atoms with Crippen LogP contribution in [0.2, 0.25) is 0 Å². The van der Waals surface area contributed by atoms with Crippen molar-refractivity contribution < 1.29 is 4.79 Å². The Balaban J connectivity index is 1.73. The summed E-state index contributed by atoms with van der Waals surface area (Å²) in [6.45, 7) is 15.9. The zero-order valence-corrected chi connectivity index (χ0v) is 25.2. The molecule has 1 heterocycles. The van der Waals surface area contributed by atoms with E-state index in [4.69, 9.17) is 0 Å². The van der Waals surface area contributed by atoms with Gasteiger partial charge in [0.05, 0.1) is 5.70 Å². The lowest BCUT2D eigenvalue weighted by atomic mass is 10.0. The summed E-state index contributed by atoms with van der Waals surface area (Å²) in [5.74, 6) is 0.705. The van der Waals surface area contributed by atoms with E-state index in [1.165, 1.54) is 16.0 Å². The number of aldehydes is 1. The largest absolute Gasteiger partial charge is 0.385 e. The van der Waals surface area contributed by atoms with E-state index in [9.17, 15) is 4.79 Å². The molecule has 1 aliphatic rings. The zero-order valence-electron chi connectivity index (χ0n) is 24.3. The van der Waals surface area contributed by atoms with Crippen LogP contribution in [0.25, 0.3) is 11.4 Å². The Morgan fingerprint density at radius 3 is 2.58 bits per heavy atom. The number of anilines is 1. The number of nitrogens with zero attached hydrogens (tertiary/aromatic N) is 2. The maximum Gasteiger partial charge on any atom is 0.154 e.